The lowest BCUT2D eigenvalue weighted by Gasteiger charge is -2.25. The van der Waals surface area contributed by atoms with Gasteiger partial charge in [-0.05, 0) is 23.6 Å². The van der Waals surface area contributed by atoms with Gasteiger partial charge in [-0.2, -0.15) is 0 Å². The highest BCUT2D eigenvalue weighted by atomic mass is 79.9. The molecule has 1 unspecified atom stereocenters. The van der Waals surface area contributed by atoms with Crippen LogP contribution in [0.25, 0.3) is 0 Å². The van der Waals surface area contributed by atoms with Crippen LogP contribution < -0.4 is 11.3 Å². The van der Waals surface area contributed by atoms with Crippen molar-refractivity contribution < 1.29 is 4.39 Å². The SMILES string of the molecule is CCC(CC)C(NN)c1ccc(F)cc1Br. The minimum Gasteiger partial charge on any atom is -0.271 e. The Morgan fingerprint density at radius 3 is 2.44 bits per heavy atom. The summed E-state index contributed by atoms with van der Waals surface area (Å²) in [6, 6.07) is 4.78. The monoisotopic (exact) mass is 288 g/mol. The molecule has 0 amide bonds. The second-order valence-corrected chi connectivity index (χ2v) is 4.74. The summed E-state index contributed by atoms with van der Waals surface area (Å²) in [5.41, 5.74) is 3.84. The zero-order chi connectivity index (χ0) is 12.1. The van der Waals surface area contributed by atoms with Gasteiger partial charge in [0.05, 0.1) is 0 Å². The molecule has 0 aliphatic carbocycles. The first-order valence-electron chi connectivity index (χ1n) is 5.55. The van der Waals surface area contributed by atoms with E-state index in [-0.39, 0.29) is 11.9 Å². The highest BCUT2D eigenvalue weighted by molar-refractivity contribution is 9.10. The van der Waals surface area contributed by atoms with Crippen LogP contribution in [0.2, 0.25) is 0 Å². The van der Waals surface area contributed by atoms with E-state index in [4.69, 9.17) is 5.84 Å². The minimum absolute atomic E-state index is 0.0602. The second kappa shape index (κ2) is 6.33. The third-order valence-electron chi connectivity index (χ3n) is 3.00. The molecule has 0 fully saturated rings. The largest absolute Gasteiger partial charge is 0.271 e. The number of nitrogens with two attached hydrogens (primary N) is 1. The van der Waals surface area contributed by atoms with E-state index in [1.54, 1.807) is 6.07 Å². The smallest absolute Gasteiger partial charge is 0.124 e. The van der Waals surface area contributed by atoms with Crippen LogP contribution in [0.1, 0.15) is 38.3 Å². The standard InChI is InChI=1S/C12H18BrFN2/c1-3-8(4-2)12(16-15)10-6-5-9(14)7-11(10)13/h5-8,12,16H,3-4,15H2,1-2H3. The van der Waals surface area contributed by atoms with Crippen molar-refractivity contribution in [2.75, 3.05) is 0 Å². The van der Waals surface area contributed by atoms with Crippen molar-refractivity contribution in [1.82, 2.24) is 5.43 Å². The van der Waals surface area contributed by atoms with E-state index >= 15 is 0 Å². The summed E-state index contributed by atoms with van der Waals surface area (Å²) < 4.78 is 13.8. The van der Waals surface area contributed by atoms with Gasteiger partial charge in [0.1, 0.15) is 5.82 Å². The lowest BCUT2D eigenvalue weighted by molar-refractivity contribution is 0.344. The summed E-state index contributed by atoms with van der Waals surface area (Å²) in [5.74, 6) is 5.81. The average molecular weight is 289 g/mol. The summed E-state index contributed by atoms with van der Waals surface area (Å²) in [5, 5.41) is 0. The van der Waals surface area contributed by atoms with Crippen molar-refractivity contribution in [3.63, 3.8) is 0 Å². The van der Waals surface area contributed by atoms with E-state index in [1.165, 1.54) is 12.1 Å². The van der Waals surface area contributed by atoms with Gasteiger partial charge in [0, 0.05) is 10.5 Å². The number of benzene rings is 1. The topological polar surface area (TPSA) is 38.0 Å². The number of hydrogen-bond acceptors (Lipinski definition) is 2. The predicted molar refractivity (Wildman–Crippen MR) is 68.2 cm³/mol. The molecule has 4 heteroatoms. The molecule has 0 saturated carbocycles. The molecule has 16 heavy (non-hydrogen) atoms. The van der Waals surface area contributed by atoms with E-state index in [9.17, 15) is 4.39 Å². The summed E-state index contributed by atoms with van der Waals surface area (Å²) in [6.45, 7) is 4.27. The molecule has 0 radical (unpaired) electrons. The molecule has 0 aromatic heterocycles. The Hall–Kier alpha value is -0.450. The maximum atomic E-state index is 13.0. The van der Waals surface area contributed by atoms with Crippen LogP contribution in [0.4, 0.5) is 4.39 Å². The van der Waals surface area contributed by atoms with Crippen LogP contribution in [0, 0.1) is 11.7 Å². The highest BCUT2D eigenvalue weighted by Gasteiger charge is 2.21. The molecule has 0 aliphatic heterocycles. The molecule has 1 aromatic carbocycles. The third-order valence-corrected chi connectivity index (χ3v) is 3.68. The molecule has 0 saturated heterocycles. The van der Waals surface area contributed by atoms with Gasteiger partial charge in [0.25, 0.3) is 0 Å². The Morgan fingerprint density at radius 2 is 2.00 bits per heavy atom. The van der Waals surface area contributed by atoms with Gasteiger partial charge in [0.15, 0.2) is 0 Å². The van der Waals surface area contributed by atoms with Crippen LogP contribution in [-0.2, 0) is 0 Å². The fourth-order valence-corrected chi connectivity index (χ4v) is 2.59. The van der Waals surface area contributed by atoms with Gasteiger partial charge in [-0.3, -0.25) is 11.3 Å². The molecule has 90 valence electrons. The average Bonchev–Trinajstić information content (AvgIpc) is 2.27. The fourth-order valence-electron chi connectivity index (χ4n) is 1.99. The Morgan fingerprint density at radius 1 is 1.38 bits per heavy atom. The summed E-state index contributed by atoms with van der Waals surface area (Å²) in [6.07, 6.45) is 2.07. The molecule has 2 nitrogen and oxygen atoms in total. The molecule has 1 aromatic rings. The number of hydrogen-bond donors (Lipinski definition) is 2. The first-order valence-corrected chi connectivity index (χ1v) is 6.34. The molecule has 3 N–H and O–H groups in total. The van der Waals surface area contributed by atoms with Crippen molar-refractivity contribution in [2.24, 2.45) is 11.8 Å². The summed E-state index contributed by atoms with van der Waals surface area (Å²) >= 11 is 3.38. The highest BCUT2D eigenvalue weighted by Crippen LogP contribution is 2.31. The van der Waals surface area contributed by atoms with Crippen molar-refractivity contribution in [3.8, 4) is 0 Å². The zero-order valence-corrected chi connectivity index (χ0v) is 11.2. The van der Waals surface area contributed by atoms with Crippen LogP contribution in [-0.4, -0.2) is 0 Å². The van der Waals surface area contributed by atoms with Crippen molar-refractivity contribution in [1.29, 1.82) is 0 Å². The second-order valence-electron chi connectivity index (χ2n) is 3.89. The van der Waals surface area contributed by atoms with Crippen molar-refractivity contribution in [3.05, 3.63) is 34.1 Å². The third kappa shape index (κ3) is 3.03. The van der Waals surface area contributed by atoms with Gasteiger partial charge in [0.2, 0.25) is 0 Å². The van der Waals surface area contributed by atoms with Crippen molar-refractivity contribution in [2.45, 2.75) is 32.7 Å². The Bertz CT molecular complexity index is 340. The van der Waals surface area contributed by atoms with E-state index in [0.717, 1.165) is 22.9 Å². The maximum Gasteiger partial charge on any atom is 0.124 e. The van der Waals surface area contributed by atoms with E-state index in [1.807, 2.05) is 0 Å². The van der Waals surface area contributed by atoms with Crippen LogP contribution in [0.3, 0.4) is 0 Å². The van der Waals surface area contributed by atoms with Gasteiger partial charge >= 0.3 is 0 Å². The molecule has 1 rings (SSSR count). The molecule has 0 heterocycles. The van der Waals surface area contributed by atoms with E-state index < -0.39 is 0 Å². The predicted octanol–water partition coefficient (Wildman–Crippen LogP) is 3.53. The van der Waals surface area contributed by atoms with E-state index in [2.05, 4.69) is 35.2 Å². The Kier molecular flexibility index (Phi) is 5.38. The van der Waals surface area contributed by atoms with Gasteiger partial charge in [-0.25, -0.2) is 4.39 Å². The van der Waals surface area contributed by atoms with Gasteiger partial charge < -0.3 is 0 Å². The Balaban J connectivity index is 3.03. The Labute approximate surface area is 105 Å². The molecule has 0 spiro atoms. The lowest BCUT2D eigenvalue weighted by atomic mass is 9.89. The molecular formula is C12H18BrFN2. The summed E-state index contributed by atoms with van der Waals surface area (Å²) in [7, 11) is 0. The number of nitrogens with one attached hydrogen (secondary N) is 1. The molecule has 0 aliphatic rings. The van der Waals surface area contributed by atoms with Crippen LogP contribution >= 0.6 is 15.9 Å². The number of rotatable bonds is 5. The quantitative estimate of drug-likeness (QED) is 0.643. The first kappa shape index (κ1) is 13.6. The van der Waals surface area contributed by atoms with Crippen LogP contribution in [0.15, 0.2) is 22.7 Å². The minimum atomic E-state index is -0.240. The lowest BCUT2D eigenvalue weighted by Crippen LogP contribution is -2.33. The van der Waals surface area contributed by atoms with Gasteiger partial charge in [-0.1, -0.05) is 48.7 Å². The van der Waals surface area contributed by atoms with Crippen LogP contribution in [0.5, 0.6) is 0 Å². The summed E-state index contributed by atoms with van der Waals surface area (Å²) in [4.78, 5) is 0. The molecular weight excluding hydrogens is 271 g/mol. The number of halogens is 2. The molecule has 0 bridgehead atoms. The fraction of sp³-hybridized carbons (Fsp3) is 0.500. The van der Waals surface area contributed by atoms with E-state index in [0.29, 0.717) is 5.92 Å². The maximum absolute atomic E-state index is 13.0. The first-order chi connectivity index (χ1) is 7.63. The number of hydrazine groups is 1. The van der Waals surface area contributed by atoms with Crippen molar-refractivity contribution >= 4 is 15.9 Å². The normalized spacial score (nSPS) is 13.1. The zero-order valence-electron chi connectivity index (χ0n) is 9.63. The molecule has 1 atom stereocenters. The van der Waals surface area contributed by atoms with Gasteiger partial charge in [-0.15, -0.1) is 0 Å².